The van der Waals surface area contributed by atoms with E-state index in [1.54, 1.807) is 42.5 Å². The molecule has 4 heteroatoms. The molecule has 0 fully saturated rings. The van der Waals surface area contributed by atoms with Crippen LogP contribution < -0.4 is 10.6 Å². The van der Waals surface area contributed by atoms with E-state index in [2.05, 4.69) is 16.6 Å². The zero-order valence-corrected chi connectivity index (χ0v) is 16.4. The average molecular weight is 382 g/mol. The van der Waals surface area contributed by atoms with Crippen LogP contribution in [0, 0.1) is 12.3 Å². The van der Waals surface area contributed by atoms with Gasteiger partial charge in [-0.05, 0) is 55.3 Å². The summed E-state index contributed by atoms with van der Waals surface area (Å²) in [4.78, 5) is 25.7. The van der Waals surface area contributed by atoms with Crippen LogP contribution in [0.4, 0.5) is 5.69 Å². The molecule has 3 aromatic rings. The molecule has 0 unspecified atom stereocenters. The monoisotopic (exact) mass is 382 g/mol. The van der Waals surface area contributed by atoms with Gasteiger partial charge in [-0.2, -0.15) is 0 Å². The fourth-order valence-electron chi connectivity index (χ4n) is 3.06. The zero-order valence-electron chi connectivity index (χ0n) is 16.4. The molecule has 0 saturated heterocycles. The van der Waals surface area contributed by atoms with Crippen LogP contribution >= 0.6 is 0 Å². The van der Waals surface area contributed by atoms with Crippen LogP contribution in [0.3, 0.4) is 0 Å². The summed E-state index contributed by atoms with van der Waals surface area (Å²) in [5, 5.41) is 5.80. The highest BCUT2D eigenvalue weighted by Gasteiger charge is 2.18. The highest BCUT2D eigenvalue weighted by Crippen LogP contribution is 2.28. The minimum absolute atomic E-state index is 0.0116. The van der Waals surface area contributed by atoms with Crippen LogP contribution in [0.25, 0.3) is 11.1 Å². The van der Waals surface area contributed by atoms with Crippen molar-refractivity contribution >= 4 is 17.5 Å². The maximum absolute atomic E-state index is 13.0. The van der Waals surface area contributed by atoms with Crippen LogP contribution in [0.5, 0.6) is 0 Å². The average Bonchev–Trinajstić information content (AvgIpc) is 2.73. The summed E-state index contributed by atoms with van der Waals surface area (Å²) in [7, 11) is 0. The van der Waals surface area contributed by atoms with Gasteiger partial charge in [0.05, 0.1) is 0 Å². The smallest absolute Gasteiger partial charge is 0.256 e. The maximum Gasteiger partial charge on any atom is 0.256 e. The fraction of sp³-hybridized carbons (Fsp3) is 0.120. The number of carbonyl (C=O) groups is 2. The molecule has 0 spiro atoms. The van der Waals surface area contributed by atoms with Gasteiger partial charge in [0.25, 0.3) is 11.8 Å². The summed E-state index contributed by atoms with van der Waals surface area (Å²) in [5.41, 5.74) is 3.69. The van der Waals surface area contributed by atoms with E-state index in [-0.39, 0.29) is 17.9 Å². The Hall–Kier alpha value is -3.84. The van der Waals surface area contributed by atoms with Gasteiger partial charge in [0.15, 0.2) is 0 Å². The SMILES string of the molecule is C#Cc1cccc(NC(=O)c2ccccc2-c2ccccc2C(=O)NC(C)C)c1. The number of anilines is 1. The molecule has 3 aromatic carbocycles. The lowest BCUT2D eigenvalue weighted by Gasteiger charge is -2.15. The Morgan fingerprint density at radius 2 is 1.41 bits per heavy atom. The first-order valence-electron chi connectivity index (χ1n) is 9.37. The van der Waals surface area contributed by atoms with E-state index in [9.17, 15) is 9.59 Å². The van der Waals surface area contributed by atoms with E-state index in [0.29, 0.717) is 33.5 Å². The predicted octanol–water partition coefficient (Wildman–Crippen LogP) is 4.73. The first-order valence-corrected chi connectivity index (χ1v) is 9.37. The summed E-state index contributed by atoms with van der Waals surface area (Å²) in [6.07, 6.45) is 5.44. The second-order valence-corrected chi connectivity index (χ2v) is 6.90. The quantitative estimate of drug-likeness (QED) is 0.627. The van der Waals surface area contributed by atoms with E-state index in [1.807, 2.05) is 44.2 Å². The van der Waals surface area contributed by atoms with Crippen molar-refractivity contribution in [2.24, 2.45) is 0 Å². The molecule has 0 radical (unpaired) electrons. The van der Waals surface area contributed by atoms with Gasteiger partial charge in [-0.3, -0.25) is 9.59 Å². The van der Waals surface area contributed by atoms with Crippen molar-refractivity contribution in [3.63, 3.8) is 0 Å². The summed E-state index contributed by atoms with van der Waals surface area (Å²) in [5.74, 6) is 2.11. The molecule has 0 aliphatic rings. The molecule has 0 heterocycles. The molecule has 0 aliphatic heterocycles. The number of amides is 2. The zero-order chi connectivity index (χ0) is 20.8. The normalized spacial score (nSPS) is 10.3. The Morgan fingerprint density at radius 1 is 0.828 bits per heavy atom. The van der Waals surface area contributed by atoms with Crippen molar-refractivity contribution < 1.29 is 9.59 Å². The van der Waals surface area contributed by atoms with Gasteiger partial charge in [-0.15, -0.1) is 6.42 Å². The number of hydrogen-bond acceptors (Lipinski definition) is 2. The first kappa shape index (κ1) is 19.9. The predicted molar refractivity (Wildman–Crippen MR) is 117 cm³/mol. The molecular formula is C25H22N2O2. The molecule has 2 N–H and O–H groups in total. The maximum atomic E-state index is 13.0. The van der Waals surface area contributed by atoms with Crippen molar-refractivity contribution in [2.45, 2.75) is 19.9 Å². The Balaban J connectivity index is 1.99. The molecular weight excluding hydrogens is 360 g/mol. The van der Waals surface area contributed by atoms with Gasteiger partial charge in [-0.1, -0.05) is 48.4 Å². The first-order chi connectivity index (χ1) is 14.0. The Morgan fingerprint density at radius 3 is 2.00 bits per heavy atom. The fourth-order valence-corrected chi connectivity index (χ4v) is 3.06. The largest absolute Gasteiger partial charge is 0.350 e. The Labute approximate surface area is 171 Å². The highest BCUT2D eigenvalue weighted by molar-refractivity contribution is 6.11. The van der Waals surface area contributed by atoms with Crippen LogP contribution in [0.1, 0.15) is 40.1 Å². The van der Waals surface area contributed by atoms with Crippen molar-refractivity contribution in [1.29, 1.82) is 0 Å². The Kier molecular flexibility index (Phi) is 6.11. The lowest BCUT2D eigenvalue weighted by Crippen LogP contribution is -2.30. The van der Waals surface area contributed by atoms with E-state index in [1.165, 1.54) is 0 Å². The van der Waals surface area contributed by atoms with E-state index < -0.39 is 0 Å². The summed E-state index contributed by atoms with van der Waals surface area (Å²) < 4.78 is 0. The van der Waals surface area contributed by atoms with Crippen molar-refractivity contribution in [2.75, 3.05) is 5.32 Å². The van der Waals surface area contributed by atoms with Crippen molar-refractivity contribution in [1.82, 2.24) is 5.32 Å². The van der Waals surface area contributed by atoms with Gasteiger partial charge in [0.2, 0.25) is 0 Å². The third kappa shape index (κ3) is 4.72. The number of hydrogen-bond donors (Lipinski definition) is 2. The Bertz CT molecular complexity index is 1090. The van der Waals surface area contributed by atoms with E-state index in [0.717, 1.165) is 0 Å². The summed E-state index contributed by atoms with van der Waals surface area (Å²) >= 11 is 0. The summed E-state index contributed by atoms with van der Waals surface area (Å²) in [6, 6.07) is 21.6. The van der Waals surface area contributed by atoms with Gasteiger partial charge in [-0.25, -0.2) is 0 Å². The number of benzene rings is 3. The lowest BCUT2D eigenvalue weighted by molar-refractivity contribution is 0.0942. The van der Waals surface area contributed by atoms with Crippen molar-refractivity contribution in [3.8, 4) is 23.5 Å². The molecule has 0 aliphatic carbocycles. The molecule has 0 atom stereocenters. The molecule has 144 valence electrons. The molecule has 0 bridgehead atoms. The van der Waals surface area contributed by atoms with Crippen molar-refractivity contribution in [3.05, 3.63) is 89.5 Å². The minimum Gasteiger partial charge on any atom is -0.350 e. The number of nitrogens with one attached hydrogen (secondary N) is 2. The highest BCUT2D eigenvalue weighted by atomic mass is 16.2. The molecule has 3 rings (SSSR count). The number of carbonyl (C=O) groups excluding carboxylic acids is 2. The second-order valence-electron chi connectivity index (χ2n) is 6.90. The number of terminal acetylenes is 1. The number of rotatable bonds is 5. The molecule has 0 saturated carbocycles. The van der Waals surface area contributed by atoms with Gasteiger partial charge in [0.1, 0.15) is 0 Å². The summed E-state index contributed by atoms with van der Waals surface area (Å²) in [6.45, 7) is 3.82. The molecule has 29 heavy (non-hydrogen) atoms. The third-order valence-electron chi connectivity index (χ3n) is 4.34. The third-order valence-corrected chi connectivity index (χ3v) is 4.34. The van der Waals surface area contributed by atoms with Crippen LogP contribution in [-0.4, -0.2) is 17.9 Å². The van der Waals surface area contributed by atoms with Gasteiger partial charge in [0, 0.05) is 28.4 Å². The van der Waals surface area contributed by atoms with E-state index in [4.69, 9.17) is 6.42 Å². The van der Waals surface area contributed by atoms with Crippen LogP contribution in [0.15, 0.2) is 72.8 Å². The molecule has 4 nitrogen and oxygen atoms in total. The van der Waals surface area contributed by atoms with Crippen LogP contribution in [-0.2, 0) is 0 Å². The molecule has 0 aromatic heterocycles. The van der Waals surface area contributed by atoms with Gasteiger partial charge >= 0.3 is 0 Å². The van der Waals surface area contributed by atoms with Gasteiger partial charge < -0.3 is 10.6 Å². The molecule has 2 amide bonds. The lowest BCUT2D eigenvalue weighted by atomic mass is 9.94. The van der Waals surface area contributed by atoms with Crippen LogP contribution in [0.2, 0.25) is 0 Å². The topological polar surface area (TPSA) is 58.2 Å². The van der Waals surface area contributed by atoms with E-state index >= 15 is 0 Å². The standard InChI is InChI=1S/C25H22N2O2/c1-4-18-10-9-11-19(16-18)27-25(29)23-15-8-6-13-21(23)20-12-5-7-14-22(20)24(28)26-17(2)3/h1,5-17H,2-3H3,(H,26,28)(H,27,29). The second kappa shape index (κ2) is 8.90. The minimum atomic E-state index is -0.270.